The highest BCUT2D eigenvalue weighted by atomic mass is 79.9. The maximum Gasteiger partial charge on any atom is 0.258 e. The number of carbonyl (C=O) groups is 1. The average molecular weight is 439 g/mol. The second-order valence-corrected chi connectivity index (χ2v) is 9.01. The number of thiazole rings is 1. The summed E-state index contributed by atoms with van der Waals surface area (Å²) in [5, 5.41) is 3.74. The number of nitrogens with zero attached hydrogens (tertiary/aromatic N) is 4. The summed E-state index contributed by atoms with van der Waals surface area (Å²) in [5.74, 6) is 0.0815. The normalized spacial score (nSPS) is 15.8. The van der Waals surface area contributed by atoms with Gasteiger partial charge in [0.2, 0.25) is 0 Å². The Bertz CT molecular complexity index is 972. The number of piperazine rings is 1. The molecule has 0 aromatic carbocycles. The molecule has 3 aromatic rings. The maximum absolute atomic E-state index is 12.5. The van der Waals surface area contributed by atoms with Crippen molar-refractivity contribution in [3.05, 3.63) is 54.5 Å². The molecule has 130 valence electrons. The van der Waals surface area contributed by atoms with E-state index in [-0.39, 0.29) is 11.5 Å². The third-order valence-electron chi connectivity index (χ3n) is 4.22. The van der Waals surface area contributed by atoms with Crippen molar-refractivity contribution in [3.8, 4) is 0 Å². The highest BCUT2D eigenvalue weighted by Crippen LogP contribution is 2.22. The fourth-order valence-corrected chi connectivity index (χ4v) is 4.78. The van der Waals surface area contributed by atoms with Crippen molar-refractivity contribution in [2.45, 2.75) is 6.54 Å². The molecule has 4 heterocycles. The zero-order valence-corrected chi connectivity index (χ0v) is 16.4. The number of thiophene rings is 1. The first-order valence-corrected chi connectivity index (χ1v) is 10.4. The molecule has 0 radical (unpaired) electrons. The Morgan fingerprint density at radius 2 is 2.00 bits per heavy atom. The van der Waals surface area contributed by atoms with E-state index in [4.69, 9.17) is 0 Å². The largest absolute Gasteiger partial charge is 0.336 e. The lowest BCUT2D eigenvalue weighted by Crippen LogP contribution is -2.48. The Balaban J connectivity index is 1.40. The zero-order chi connectivity index (χ0) is 17.4. The minimum atomic E-state index is -0.0434. The summed E-state index contributed by atoms with van der Waals surface area (Å²) < 4.78 is 2.53. The van der Waals surface area contributed by atoms with Crippen LogP contribution in [0.25, 0.3) is 4.96 Å². The highest BCUT2D eigenvalue weighted by molar-refractivity contribution is 9.11. The van der Waals surface area contributed by atoms with Gasteiger partial charge in [0.05, 0.1) is 15.0 Å². The fourth-order valence-electron chi connectivity index (χ4n) is 2.91. The number of carbonyl (C=O) groups excluding carboxylic acids is 1. The molecule has 25 heavy (non-hydrogen) atoms. The Hall–Kier alpha value is -1.55. The van der Waals surface area contributed by atoms with Gasteiger partial charge in [-0.3, -0.25) is 18.9 Å². The summed E-state index contributed by atoms with van der Waals surface area (Å²) in [4.78, 5) is 33.9. The molecule has 1 fully saturated rings. The van der Waals surface area contributed by atoms with Crippen LogP contribution < -0.4 is 5.56 Å². The number of hydrogen-bond acceptors (Lipinski definition) is 6. The van der Waals surface area contributed by atoms with Gasteiger partial charge in [0.15, 0.2) is 4.96 Å². The molecule has 1 saturated heterocycles. The van der Waals surface area contributed by atoms with Crippen molar-refractivity contribution in [1.82, 2.24) is 19.2 Å². The lowest BCUT2D eigenvalue weighted by molar-refractivity contribution is 0.0627. The Labute approximate surface area is 160 Å². The molecule has 0 unspecified atom stereocenters. The van der Waals surface area contributed by atoms with Crippen molar-refractivity contribution in [2.75, 3.05) is 26.2 Å². The van der Waals surface area contributed by atoms with Crippen LogP contribution in [0.3, 0.4) is 0 Å². The molecule has 9 heteroatoms. The van der Waals surface area contributed by atoms with Gasteiger partial charge in [0.25, 0.3) is 11.5 Å². The van der Waals surface area contributed by atoms with E-state index in [0.29, 0.717) is 19.6 Å². The second kappa shape index (κ2) is 6.99. The fraction of sp³-hybridized carbons (Fsp3) is 0.312. The van der Waals surface area contributed by atoms with Crippen LogP contribution in [-0.2, 0) is 6.54 Å². The van der Waals surface area contributed by atoms with E-state index in [1.54, 1.807) is 16.7 Å². The smallest absolute Gasteiger partial charge is 0.258 e. The summed E-state index contributed by atoms with van der Waals surface area (Å²) in [7, 11) is 0. The van der Waals surface area contributed by atoms with E-state index in [1.165, 1.54) is 22.7 Å². The molecule has 0 saturated carbocycles. The minimum absolute atomic E-state index is 0.0434. The number of amides is 1. The number of hydrogen-bond donors (Lipinski definition) is 0. The van der Waals surface area contributed by atoms with Crippen LogP contribution in [-0.4, -0.2) is 51.3 Å². The lowest BCUT2D eigenvalue weighted by atomic mass is 10.2. The molecule has 1 aliphatic rings. The predicted octanol–water partition coefficient (Wildman–Crippen LogP) is 2.54. The number of aromatic nitrogens is 2. The first-order valence-electron chi connectivity index (χ1n) is 7.81. The van der Waals surface area contributed by atoms with Gasteiger partial charge in [0, 0.05) is 55.7 Å². The first kappa shape index (κ1) is 16.9. The number of halogens is 1. The molecule has 6 nitrogen and oxygen atoms in total. The lowest BCUT2D eigenvalue weighted by Gasteiger charge is -2.34. The summed E-state index contributed by atoms with van der Waals surface area (Å²) in [5.41, 5.74) is 1.48. The number of fused-ring (bicyclic) bond motifs is 1. The summed E-state index contributed by atoms with van der Waals surface area (Å²) in [6.45, 7) is 3.57. The van der Waals surface area contributed by atoms with E-state index in [1.807, 2.05) is 21.7 Å². The van der Waals surface area contributed by atoms with Crippen LogP contribution >= 0.6 is 38.6 Å². The Kier molecular flexibility index (Phi) is 4.72. The van der Waals surface area contributed by atoms with E-state index in [9.17, 15) is 9.59 Å². The van der Waals surface area contributed by atoms with E-state index < -0.39 is 0 Å². The van der Waals surface area contributed by atoms with Crippen LogP contribution in [0.5, 0.6) is 0 Å². The van der Waals surface area contributed by atoms with Gasteiger partial charge in [-0.1, -0.05) is 0 Å². The summed E-state index contributed by atoms with van der Waals surface area (Å²) in [6.07, 6.45) is 1.74. The molecule has 4 rings (SSSR count). The van der Waals surface area contributed by atoms with Crippen molar-refractivity contribution >= 4 is 49.5 Å². The van der Waals surface area contributed by atoms with Crippen molar-refractivity contribution < 1.29 is 4.79 Å². The molecule has 1 amide bonds. The van der Waals surface area contributed by atoms with E-state index in [0.717, 1.165) is 33.1 Å². The molecule has 1 aliphatic heterocycles. The zero-order valence-electron chi connectivity index (χ0n) is 13.2. The van der Waals surface area contributed by atoms with Gasteiger partial charge >= 0.3 is 0 Å². The molecule has 0 atom stereocenters. The van der Waals surface area contributed by atoms with Crippen LogP contribution in [0.15, 0.2) is 37.7 Å². The molecule has 0 N–H and O–H groups in total. The third kappa shape index (κ3) is 3.55. The van der Waals surface area contributed by atoms with Crippen molar-refractivity contribution in [3.63, 3.8) is 0 Å². The van der Waals surface area contributed by atoms with Gasteiger partial charge in [0.1, 0.15) is 0 Å². The first-order chi connectivity index (χ1) is 12.1. The molecule has 0 spiro atoms. The second-order valence-electron chi connectivity index (χ2n) is 5.85. The topological polar surface area (TPSA) is 57.9 Å². The molecule has 3 aromatic heterocycles. The SMILES string of the molecule is O=C(c1csc(Br)c1)N1CCN(Cc2cc(=O)n3ccsc3n2)CC1. The molecular formula is C16H15BrN4O2S2. The Morgan fingerprint density at radius 1 is 1.20 bits per heavy atom. The van der Waals surface area contributed by atoms with Crippen molar-refractivity contribution in [1.29, 1.82) is 0 Å². The average Bonchev–Trinajstić information content (AvgIpc) is 3.24. The standard InChI is InChI=1S/C16H15BrN4O2S2/c17-13-7-11(10-25-13)15(23)20-3-1-19(2-4-20)9-12-8-14(22)21-5-6-24-16(21)18-12/h5-8,10H,1-4,9H2. The Morgan fingerprint density at radius 3 is 2.72 bits per heavy atom. The van der Waals surface area contributed by atoms with E-state index >= 15 is 0 Å². The van der Waals surface area contributed by atoms with Gasteiger partial charge in [-0.05, 0) is 22.0 Å². The summed E-state index contributed by atoms with van der Waals surface area (Å²) >= 11 is 6.38. The van der Waals surface area contributed by atoms with Gasteiger partial charge in [-0.2, -0.15) is 0 Å². The quantitative estimate of drug-likeness (QED) is 0.630. The molecule has 0 aliphatic carbocycles. The van der Waals surface area contributed by atoms with Crippen LogP contribution in [0, 0.1) is 0 Å². The van der Waals surface area contributed by atoms with Gasteiger partial charge in [-0.25, -0.2) is 4.98 Å². The van der Waals surface area contributed by atoms with Crippen LogP contribution in [0.1, 0.15) is 16.1 Å². The van der Waals surface area contributed by atoms with Gasteiger partial charge < -0.3 is 4.90 Å². The highest BCUT2D eigenvalue weighted by Gasteiger charge is 2.23. The van der Waals surface area contributed by atoms with Crippen LogP contribution in [0.2, 0.25) is 0 Å². The maximum atomic E-state index is 12.5. The molecule has 0 bridgehead atoms. The van der Waals surface area contributed by atoms with E-state index in [2.05, 4.69) is 25.8 Å². The van der Waals surface area contributed by atoms with Gasteiger partial charge in [-0.15, -0.1) is 22.7 Å². The third-order valence-corrected chi connectivity index (χ3v) is 6.48. The van der Waals surface area contributed by atoms with Crippen molar-refractivity contribution in [2.24, 2.45) is 0 Å². The predicted molar refractivity (Wildman–Crippen MR) is 103 cm³/mol. The summed E-state index contributed by atoms with van der Waals surface area (Å²) in [6, 6.07) is 3.47. The minimum Gasteiger partial charge on any atom is -0.336 e. The number of rotatable bonds is 3. The molecular weight excluding hydrogens is 424 g/mol. The monoisotopic (exact) mass is 438 g/mol. The van der Waals surface area contributed by atoms with Crippen LogP contribution in [0.4, 0.5) is 0 Å².